The van der Waals surface area contributed by atoms with Crippen LogP contribution in [-0.2, 0) is 0 Å². The predicted molar refractivity (Wildman–Crippen MR) is 89.4 cm³/mol. The Morgan fingerprint density at radius 3 is 2.24 bits per heavy atom. The van der Waals surface area contributed by atoms with Gasteiger partial charge in [0.15, 0.2) is 5.11 Å². The molecular weight excluding hydrogens is 280 g/mol. The van der Waals surface area contributed by atoms with E-state index in [0.717, 1.165) is 22.8 Å². The number of benzene rings is 2. The lowest BCUT2D eigenvalue weighted by Crippen LogP contribution is -2.20. The van der Waals surface area contributed by atoms with E-state index in [-0.39, 0.29) is 5.11 Å². The number of rotatable bonds is 3. The molecule has 0 amide bonds. The van der Waals surface area contributed by atoms with Crippen molar-refractivity contribution >= 4 is 23.1 Å². The number of thiocarbonyl (C=S) groups is 1. The Balaban J connectivity index is 2.10. The number of hydrogen-bond donors (Lipinski definition) is 2. The van der Waals surface area contributed by atoms with Crippen LogP contribution in [0.15, 0.2) is 66.7 Å². The van der Waals surface area contributed by atoms with E-state index in [1.165, 1.54) is 0 Å². The zero-order valence-electron chi connectivity index (χ0n) is 11.2. The van der Waals surface area contributed by atoms with Crippen LogP contribution in [0.25, 0.3) is 16.9 Å². The lowest BCUT2D eigenvalue weighted by atomic mass is 10.2. The van der Waals surface area contributed by atoms with Crippen molar-refractivity contribution in [3.63, 3.8) is 0 Å². The molecule has 0 atom stereocenters. The predicted octanol–water partition coefficient (Wildman–Crippen LogP) is 3.19. The van der Waals surface area contributed by atoms with E-state index >= 15 is 0 Å². The summed E-state index contributed by atoms with van der Waals surface area (Å²) in [5.74, 6) is 0.743. The molecule has 0 fully saturated rings. The Labute approximate surface area is 128 Å². The zero-order chi connectivity index (χ0) is 14.7. The quantitative estimate of drug-likeness (QED) is 0.728. The fraction of sp³-hybridized carbons (Fsp3) is 0. The van der Waals surface area contributed by atoms with Crippen LogP contribution >= 0.6 is 12.2 Å². The third kappa shape index (κ3) is 2.93. The fourth-order valence-electron chi connectivity index (χ4n) is 2.11. The van der Waals surface area contributed by atoms with Gasteiger partial charge in [-0.1, -0.05) is 48.5 Å². The van der Waals surface area contributed by atoms with Crippen LogP contribution in [0.5, 0.6) is 0 Å². The smallest absolute Gasteiger partial charge is 0.169 e. The summed E-state index contributed by atoms with van der Waals surface area (Å²) in [4.78, 5) is 0. The number of aromatic nitrogens is 2. The van der Waals surface area contributed by atoms with Crippen LogP contribution in [0.1, 0.15) is 0 Å². The van der Waals surface area contributed by atoms with Gasteiger partial charge in [-0.15, -0.1) is 0 Å². The molecule has 21 heavy (non-hydrogen) atoms. The monoisotopic (exact) mass is 294 g/mol. The summed E-state index contributed by atoms with van der Waals surface area (Å²) < 4.78 is 1.79. The number of nitrogens with one attached hydrogen (secondary N) is 1. The summed E-state index contributed by atoms with van der Waals surface area (Å²) in [7, 11) is 0. The minimum Gasteiger partial charge on any atom is -0.376 e. The van der Waals surface area contributed by atoms with Gasteiger partial charge in [-0.25, -0.2) is 4.68 Å². The molecule has 0 aliphatic rings. The summed E-state index contributed by atoms with van der Waals surface area (Å²) in [6.07, 6.45) is 0. The van der Waals surface area contributed by atoms with E-state index in [2.05, 4.69) is 10.4 Å². The molecule has 104 valence electrons. The SMILES string of the molecule is NC(=S)Nc1cc(-c2ccccc2)nn1-c1ccccc1. The van der Waals surface area contributed by atoms with Gasteiger partial charge in [0.1, 0.15) is 5.82 Å². The molecule has 1 heterocycles. The van der Waals surface area contributed by atoms with Crippen LogP contribution in [0, 0.1) is 0 Å². The second-order valence-electron chi connectivity index (χ2n) is 4.52. The molecule has 3 rings (SSSR count). The number of para-hydroxylation sites is 1. The maximum absolute atomic E-state index is 5.60. The van der Waals surface area contributed by atoms with Crippen LogP contribution in [0.3, 0.4) is 0 Å². The number of anilines is 1. The Morgan fingerprint density at radius 2 is 1.62 bits per heavy atom. The average Bonchev–Trinajstić information content (AvgIpc) is 2.92. The maximum Gasteiger partial charge on any atom is 0.169 e. The maximum atomic E-state index is 5.60. The van der Waals surface area contributed by atoms with Crippen molar-refractivity contribution in [2.45, 2.75) is 0 Å². The van der Waals surface area contributed by atoms with Gasteiger partial charge in [0, 0.05) is 11.6 Å². The first-order valence-corrected chi connectivity index (χ1v) is 6.92. The second kappa shape index (κ2) is 5.76. The van der Waals surface area contributed by atoms with Crippen molar-refractivity contribution in [2.24, 2.45) is 5.73 Å². The minimum atomic E-state index is 0.215. The molecule has 4 nitrogen and oxygen atoms in total. The van der Waals surface area contributed by atoms with Gasteiger partial charge in [0.25, 0.3) is 0 Å². The highest BCUT2D eigenvalue weighted by molar-refractivity contribution is 7.80. The van der Waals surface area contributed by atoms with E-state index in [4.69, 9.17) is 18.0 Å². The summed E-state index contributed by atoms with van der Waals surface area (Å²) in [5, 5.41) is 7.83. The first-order chi connectivity index (χ1) is 10.2. The first kappa shape index (κ1) is 13.3. The molecule has 3 N–H and O–H groups in total. The average molecular weight is 294 g/mol. The third-order valence-electron chi connectivity index (χ3n) is 3.03. The van der Waals surface area contributed by atoms with Crippen molar-refractivity contribution in [1.29, 1.82) is 0 Å². The van der Waals surface area contributed by atoms with Gasteiger partial charge in [0.05, 0.1) is 11.4 Å². The highest BCUT2D eigenvalue weighted by Gasteiger charge is 2.11. The standard InChI is InChI=1S/C16H14N4S/c17-16(21)18-15-11-14(12-7-3-1-4-8-12)19-20(15)13-9-5-2-6-10-13/h1-11H,(H3,17,18,21). The summed E-state index contributed by atoms with van der Waals surface area (Å²) in [6, 6.07) is 21.8. The van der Waals surface area contributed by atoms with E-state index in [1.54, 1.807) is 4.68 Å². The van der Waals surface area contributed by atoms with Gasteiger partial charge >= 0.3 is 0 Å². The molecular formula is C16H14N4S. The molecule has 0 aliphatic heterocycles. The van der Waals surface area contributed by atoms with Crippen LogP contribution in [-0.4, -0.2) is 14.9 Å². The molecule has 0 saturated heterocycles. The van der Waals surface area contributed by atoms with Crippen LogP contribution in [0.4, 0.5) is 5.82 Å². The molecule has 0 unspecified atom stereocenters. The molecule has 2 aromatic carbocycles. The fourth-order valence-corrected chi connectivity index (χ4v) is 2.22. The van der Waals surface area contributed by atoms with Gasteiger partial charge in [-0.3, -0.25) is 0 Å². The Kier molecular flexibility index (Phi) is 3.66. The van der Waals surface area contributed by atoms with Crippen molar-refractivity contribution in [3.05, 3.63) is 66.7 Å². The zero-order valence-corrected chi connectivity index (χ0v) is 12.0. The van der Waals surface area contributed by atoms with Crippen molar-refractivity contribution in [2.75, 3.05) is 5.32 Å². The first-order valence-electron chi connectivity index (χ1n) is 6.51. The van der Waals surface area contributed by atoms with Gasteiger partial charge in [0.2, 0.25) is 0 Å². The topological polar surface area (TPSA) is 55.9 Å². The molecule has 3 aromatic rings. The Hall–Kier alpha value is -2.66. The van der Waals surface area contributed by atoms with Gasteiger partial charge in [-0.05, 0) is 24.4 Å². The molecule has 0 aliphatic carbocycles. The summed E-state index contributed by atoms with van der Waals surface area (Å²) in [6.45, 7) is 0. The van der Waals surface area contributed by atoms with Crippen molar-refractivity contribution in [1.82, 2.24) is 9.78 Å². The van der Waals surface area contributed by atoms with E-state index in [1.807, 2.05) is 66.7 Å². The molecule has 0 saturated carbocycles. The number of nitrogens with zero attached hydrogens (tertiary/aromatic N) is 2. The normalized spacial score (nSPS) is 10.3. The molecule has 1 aromatic heterocycles. The molecule has 0 bridgehead atoms. The van der Waals surface area contributed by atoms with Gasteiger partial charge < -0.3 is 11.1 Å². The van der Waals surface area contributed by atoms with Crippen LogP contribution < -0.4 is 11.1 Å². The Bertz CT molecular complexity index is 750. The summed E-state index contributed by atoms with van der Waals surface area (Å²) in [5.41, 5.74) is 8.44. The van der Waals surface area contributed by atoms with Crippen LogP contribution in [0.2, 0.25) is 0 Å². The highest BCUT2D eigenvalue weighted by Crippen LogP contribution is 2.24. The van der Waals surface area contributed by atoms with Crippen molar-refractivity contribution < 1.29 is 0 Å². The van der Waals surface area contributed by atoms with E-state index in [0.29, 0.717) is 0 Å². The number of nitrogens with two attached hydrogens (primary N) is 1. The second-order valence-corrected chi connectivity index (χ2v) is 4.96. The summed E-state index contributed by atoms with van der Waals surface area (Å²) >= 11 is 4.94. The number of hydrogen-bond acceptors (Lipinski definition) is 2. The van der Waals surface area contributed by atoms with Gasteiger partial charge in [-0.2, -0.15) is 5.10 Å². The largest absolute Gasteiger partial charge is 0.376 e. The van der Waals surface area contributed by atoms with E-state index in [9.17, 15) is 0 Å². The molecule has 0 radical (unpaired) electrons. The Morgan fingerprint density at radius 1 is 1.00 bits per heavy atom. The van der Waals surface area contributed by atoms with E-state index < -0.39 is 0 Å². The molecule has 0 spiro atoms. The third-order valence-corrected chi connectivity index (χ3v) is 3.13. The lowest BCUT2D eigenvalue weighted by Gasteiger charge is -2.07. The lowest BCUT2D eigenvalue weighted by molar-refractivity contribution is 0.893. The molecule has 5 heteroatoms. The minimum absolute atomic E-state index is 0.215. The highest BCUT2D eigenvalue weighted by atomic mass is 32.1. The van der Waals surface area contributed by atoms with Crippen molar-refractivity contribution in [3.8, 4) is 16.9 Å².